The van der Waals surface area contributed by atoms with E-state index in [4.69, 9.17) is 4.74 Å². The van der Waals surface area contributed by atoms with Crippen molar-refractivity contribution in [3.8, 4) is 0 Å². The summed E-state index contributed by atoms with van der Waals surface area (Å²) in [4.78, 5) is 11.8. The first kappa shape index (κ1) is 23.9. The molecular weight excluding hydrogens is 362 g/mol. The van der Waals surface area contributed by atoms with Crippen molar-refractivity contribution in [2.45, 2.75) is 96.8 Å². The Morgan fingerprint density at radius 1 is 1.17 bits per heavy atom. The van der Waals surface area contributed by atoms with Crippen LogP contribution in [-0.4, -0.2) is 35.4 Å². The first-order valence-corrected chi connectivity index (χ1v) is 11.4. The van der Waals surface area contributed by atoms with Crippen LogP contribution < -0.4 is 5.32 Å². The summed E-state index contributed by atoms with van der Waals surface area (Å²) in [5, 5.41) is 12.7. The Morgan fingerprint density at radius 2 is 1.90 bits per heavy atom. The molecule has 1 aliphatic heterocycles. The molecule has 2 N–H and O–H groups in total. The van der Waals surface area contributed by atoms with Gasteiger partial charge in [0.05, 0.1) is 11.7 Å². The van der Waals surface area contributed by atoms with Crippen LogP contribution in [0.25, 0.3) is 0 Å². The molecule has 1 amide bonds. The van der Waals surface area contributed by atoms with E-state index < -0.39 is 0 Å². The summed E-state index contributed by atoms with van der Waals surface area (Å²) in [5.41, 5.74) is 1.11. The smallest absolute Gasteiger partial charge is 0.243 e. The Bertz CT molecular complexity index is 597. The third-order valence-electron chi connectivity index (χ3n) is 6.12. The molecule has 0 aromatic heterocycles. The van der Waals surface area contributed by atoms with Crippen LogP contribution in [0.1, 0.15) is 79.1 Å². The molecule has 2 fully saturated rings. The zero-order valence-electron chi connectivity index (χ0n) is 18.8. The fourth-order valence-electron chi connectivity index (χ4n) is 4.57. The molecule has 0 aromatic rings. The topological polar surface area (TPSA) is 58.6 Å². The van der Waals surface area contributed by atoms with E-state index in [-0.39, 0.29) is 24.2 Å². The molecule has 0 radical (unpaired) electrons. The number of nitrogens with one attached hydrogen (secondary N) is 1. The molecule has 1 saturated heterocycles. The summed E-state index contributed by atoms with van der Waals surface area (Å²) in [6.45, 7) is 8.65. The van der Waals surface area contributed by atoms with Gasteiger partial charge in [0.1, 0.15) is 0 Å². The highest BCUT2D eigenvalue weighted by atomic mass is 16.5. The van der Waals surface area contributed by atoms with Crippen LogP contribution in [-0.2, 0) is 9.53 Å². The van der Waals surface area contributed by atoms with Crippen molar-refractivity contribution in [3.05, 3.63) is 36.0 Å². The molecule has 0 bridgehead atoms. The van der Waals surface area contributed by atoms with Gasteiger partial charge in [0, 0.05) is 12.6 Å². The maximum atomic E-state index is 11.8. The molecule has 29 heavy (non-hydrogen) atoms. The number of carbonyl (C=O) groups is 1. The molecule has 0 spiro atoms. The van der Waals surface area contributed by atoms with Gasteiger partial charge in [-0.3, -0.25) is 4.79 Å². The normalized spacial score (nSPS) is 30.7. The van der Waals surface area contributed by atoms with Gasteiger partial charge < -0.3 is 15.2 Å². The highest BCUT2D eigenvalue weighted by Crippen LogP contribution is 2.33. The zero-order valence-corrected chi connectivity index (χ0v) is 18.8. The van der Waals surface area contributed by atoms with Crippen LogP contribution in [0.3, 0.4) is 0 Å². The van der Waals surface area contributed by atoms with E-state index in [1.807, 2.05) is 13.0 Å². The lowest BCUT2D eigenvalue weighted by Crippen LogP contribution is -2.39. The molecule has 4 nitrogen and oxygen atoms in total. The number of hydrogen-bond acceptors (Lipinski definition) is 3. The second-order valence-corrected chi connectivity index (χ2v) is 9.48. The lowest BCUT2D eigenvalue weighted by atomic mass is 9.83. The summed E-state index contributed by atoms with van der Waals surface area (Å²) in [6, 6.07) is 0.330. The van der Waals surface area contributed by atoms with Crippen LogP contribution in [0.5, 0.6) is 0 Å². The molecule has 1 aliphatic carbocycles. The molecule has 2 rings (SSSR count). The number of allylic oxidation sites excluding steroid dienone is 4. The van der Waals surface area contributed by atoms with Gasteiger partial charge in [0.15, 0.2) is 0 Å². The number of aliphatic hydroxyl groups excluding tert-OH is 1. The number of carbonyl (C=O) groups excluding carboxylic acids is 1. The number of amides is 1. The maximum Gasteiger partial charge on any atom is 0.243 e. The highest BCUT2D eigenvalue weighted by Gasteiger charge is 2.33. The molecular formula is C25H41NO3. The molecule has 1 heterocycles. The number of rotatable bonds is 8. The predicted octanol–water partition coefficient (Wildman–Crippen LogP) is 5.09. The van der Waals surface area contributed by atoms with Crippen molar-refractivity contribution in [2.24, 2.45) is 11.8 Å². The summed E-state index contributed by atoms with van der Waals surface area (Å²) < 4.78 is 6.15. The van der Waals surface area contributed by atoms with E-state index in [9.17, 15) is 9.90 Å². The minimum absolute atomic E-state index is 0.0488. The quantitative estimate of drug-likeness (QED) is 0.438. The summed E-state index contributed by atoms with van der Waals surface area (Å²) >= 11 is 0. The Balaban J connectivity index is 1.74. The molecule has 164 valence electrons. The molecule has 1 saturated carbocycles. The van der Waals surface area contributed by atoms with Crippen LogP contribution in [0.15, 0.2) is 36.0 Å². The Morgan fingerprint density at radius 3 is 2.55 bits per heavy atom. The molecule has 2 aliphatic rings. The lowest BCUT2D eigenvalue weighted by Gasteiger charge is -2.39. The monoisotopic (exact) mass is 403 g/mol. The van der Waals surface area contributed by atoms with Gasteiger partial charge in [0.25, 0.3) is 0 Å². The van der Waals surface area contributed by atoms with Gasteiger partial charge in [-0.25, -0.2) is 0 Å². The van der Waals surface area contributed by atoms with Crippen LogP contribution in [0, 0.1) is 11.8 Å². The van der Waals surface area contributed by atoms with E-state index in [2.05, 4.69) is 44.3 Å². The summed E-state index contributed by atoms with van der Waals surface area (Å²) in [5.74, 6) is 1.08. The molecule has 0 unspecified atom stereocenters. The van der Waals surface area contributed by atoms with Gasteiger partial charge in [-0.2, -0.15) is 0 Å². The number of ether oxygens (including phenoxy) is 1. The van der Waals surface area contributed by atoms with Crippen molar-refractivity contribution < 1.29 is 14.6 Å². The lowest BCUT2D eigenvalue weighted by molar-refractivity contribution is -0.117. The Kier molecular flexibility index (Phi) is 9.64. The van der Waals surface area contributed by atoms with Crippen molar-refractivity contribution >= 4 is 5.91 Å². The van der Waals surface area contributed by atoms with Crippen LogP contribution >= 0.6 is 0 Å². The van der Waals surface area contributed by atoms with Gasteiger partial charge in [-0.1, -0.05) is 36.8 Å². The van der Waals surface area contributed by atoms with Crippen molar-refractivity contribution in [1.29, 1.82) is 0 Å². The van der Waals surface area contributed by atoms with Gasteiger partial charge in [0.2, 0.25) is 5.91 Å². The summed E-state index contributed by atoms with van der Waals surface area (Å²) in [7, 11) is 0. The van der Waals surface area contributed by atoms with Crippen molar-refractivity contribution in [2.75, 3.05) is 6.61 Å². The third-order valence-corrected chi connectivity index (χ3v) is 6.12. The number of aliphatic hydroxyl groups is 1. The zero-order chi connectivity index (χ0) is 21.3. The fourth-order valence-corrected chi connectivity index (χ4v) is 4.57. The average Bonchev–Trinajstić information content (AvgIpc) is 2.69. The van der Waals surface area contributed by atoms with Gasteiger partial charge in [-0.05, 0) is 90.0 Å². The van der Waals surface area contributed by atoms with E-state index in [0.29, 0.717) is 17.9 Å². The second-order valence-electron chi connectivity index (χ2n) is 9.48. The molecule has 2 atom stereocenters. The van der Waals surface area contributed by atoms with E-state index in [0.717, 1.165) is 38.5 Å². The Labute approximate surface area is 177 Å². The third kappa shape index (κ3) is 8.88. The van der Waals surface area contributed by atoms with Crippen molar-refractivity contribution in [3.63, 3.8) is 0 Å². The van der Waals surface area contributed by atoms with Gasteiger partial charge >= 0.3 is 0 Å². The largest absolute Gasteiger partial charge is 0.396 e. The standard InChI is InChI=1S/C25H41NO3/c1-5-6-7-24(28)26-22-13-11-20(12-14-22)10-8-19(2)9-15-23-16-21(18-27)17-25(3,4)29-23/h6-9,15,20-23,27H,5,10-14,16-18H2,1-4H3,(H,26,28)/b7-6-,15-9+,19-8+/t20-,21-,22+,23+/m0/s1. The minimum atomic E-state index is -0.168. The second kappa shape index (κ2) is 11.7. The highest BCUT2D eigenvalue weighted by molar-refractivity contribution is 5.87. The molecule has 0 aromatic carbocycles. The average molecular weight is 404 g/mol. The predicted molar refractivity (Wildman–Crippen MR) is 120 cm³/mol. The Hall–Kier alpha value is -1.39. The van der Waals surface area contributed by atoms with Crippen LogP contribution in [0.4, 0.5) is 0 Å². The van der Waals surface area contributed by atoms with Gasteiger partial charge in [-0.15, -0.1) is 0 Å². The number of hydrogen-bond donors (Lipinski definition) is 2. The molecule has 4 heteroatoms. The van der Waals surface area contributed by atoms with Crippen molar-refractivity contribution in [1.82, 2.24) is 5.32 Å². The fraction of sp³-hybridized carbons (Fsp3) is 0.720. The summed E-state index contributed by atoms with van der Waals surface area (Å²) in [6.07, 6.45) is 18.6. The van der Waals surface area contributed by atoms with E-state index in [1.54, 1.807) is 6.08 Å². The first-order chi connectivity index (χ1) is 13.8. The minimum Gasteiger partial charge on any atom is -0.396 e. The first-order valence-electron chi connectivity index (χ1n) is 11.4. The SMILES string of the molecule is CC/C=C\C(=O)N[C@H]1CC[C@@H](C/C=C(C)/C=C/[C@@H]2C[C@H](CO)CC(C)(C)O2)CC1. The maximum absolute atomic E-state index is 11.8. The van der Waals surface area contributed by atoms with E-state index >= 15 is 0 Å². The van der Waals surface area contributed by atoms with Crippen LogP contribution in [0.2, 0.25) is 0 Å². The van der Waals surface area contributed by atoms with E-state index in [1.165, 1.54) is 18.4 Å².